The topological polar surface area (TPSA) is 126 Å². The molecule has 1 rings (SSSR count). The van der Waals surface area contributed by atoms with Gasteiger partial charge in [-0.1, -0.05) is 0 Å². The summed E-state index contributed by atoms with van der Waals surface area (Å²) in [6.45, 7) is 2.38. The van der Waals surface area contributed by atoms with Crippen molar-refractivity contribution in [1.29, 1.82) is 0 Å². The molecule has 0 aromatic carbocycles. The van der Waals surface area contributed by atoms with Crippen molar-refractivity contribution in [3.05, 3.63) is 24.2 Å². The highest BCUT2D eigenvalue weighted by atomic mass is 16.4. The molecule has 0 fully saturated rings. The quantitative estimate of drug-likeness (QED) is 0.645. The minimum Gasteiger partial charge on any atom is -0.480 e. The lowest BCUT2D eigenvalue weighted by atomic mass is 10.1. The number of nitrogens with zero attached hydrogens (tertiary/aromatic N) is 1. The Morgan fingerprint density at radius 1 is 1.48 bits per heavy atom. The first kappa shape index (κ1) is 16.5. The SMILES string of the molecule is CCN(Cc1ccco1)C(=O)N[C@@H](CCC(N)=O)C(=O)O. The smallest absolute Gasteiger partial charge is 0.326 e. The molecule has 0 unspecified atom stereocenters. The fourth-order valence-corrected chi connectivity index (χ4v) is 1.70. The molecular formula is C13H19N3O5. The molecule has 1 heterocycles. The molecule has 0 saturated heterocycles. The predicted octanol–water partition coefficient (Wildman–Crippen LogP) is 0.530. The number of amides is 3. The molecule has 0 radical (unpaired) electrons. The zero-order chi connectivity index (χ0) is 15.8. The van der Waals surface area contributed by atoms with Crippen LogP contribution in [-0.2, 0) is 16.1 Å². The Morgan fingerprint density at radius 2 is 2.19 bits per heavy atom. The van der Waals surface area contributed by atoms with Gasteiger partial charge in [-0.3, -0.25) is 4.79 Å². The van der Waals surface area contributed by atoms with E-state index < -0.39 is 23.9 Å². The largest absolute Gasteiger partial charge is 0.480 e. The number of urea groups is 1. The summed E-state index contributed by atoms with van der Waals surface area (Å²) < 4.78 is 5.15. The summed E-state index contributed by atoms with van der Waals surface area (Å²) in [4.78, 5) is 35.2. The maximum Gasteiger partial charge on any atom is 0.326 e. The molecule has 0 aliphatic carbocycles. The minimum absolute atomic E-state index is 0.0469. The van der Waals surface area contributed by atoms with Crippen molar-refractivity contribution in [3.63, 3.8) is 0 Å². The van der Waals surface area contributed by atoms with Crippen LogP contribution in [0.25, 0.3) is 0 Å². The molecule has 4 N–H and O–H groups in total. The number of primary amides is 1. The van der Waals surface area contributed by atoms with E-state index in [-0.39, 0.29) is 19.4 Å². The molecule has 0 saturated carbocycles. The fourth-order valence-electron chi connectivity index (χ4n) is 1.70. The molecule has 0 aliphatic rings. The molecule has 21 heavy (non-hydrogen) atoms. The van der Waals surface area contributed by atoms with Crippen LogP contribution in [0.3, 0.4) is 0 Å². The highest BCUT2D eigenvalue weighted by molar-refractivity contribution is 5.83. The first-order chi connectivity index (χ1) is 9.93. The highest BCUT2D eigenvalue weighted by Gasteiger charge is 2.23. The second kappa shape index (κ2) is 7.93. The van der Waals surface area contributed by atoms with Gasteiger partial charge in [0.1, 0.15) is 11.8 Å². The maximum atomic E-state index is 12.1. The Morgan fingerprint density at radius 3 is 2.67 bits per heavy atom. The van der Waals surface area contributed by atoms with Crippen LogP contribution in [0.5, 0.6) is 0 Å². The van der Waals surface area contributed by atoms with E-state index in [4.69, 9.17) is 15.3 Å². The van der Waals surface area contributed by atoms with Crippen molar-refractivity contribution >= 4 is 17.9 Å². The van der Waals surface area contributed by atoms with E-state index in [1.54, 1.807) is 19.1 Å². The molecular weight excluding hydrogens is 278 g/mol. The Labute approximate surface area is 121 Å². The van der Waals surface area contributed by atoms with Crippen LogP contribution in [0, 0.1) is 0 Å². The first-order valence-electron chi connectivity index (χ1n) is 6.53. The van der Waals surface area contributed by atoms with Crippen LogP contribution in [0.4, 0.5) is 4.79 Å². The van der Waals surface area contributed by atoms with Gasteiger partial charge in [-0.2, -0.15) is 0 Å². The number of nitrogens with two attached hydrogens (primary N) is 1. The molecule has 0 spiro atoms. The summed E-state index contributed by atoms with van der Waals surface area (Å²) in [5.74, 6) is -1.23. The number of carbonyl (C=O) groups excluding carboxylic acids is 2. The van der Waals surface area contributed by atoms with Gasteiger partial charge >= 0.3 is 12.0 Å². The summed E-state index contributed by atoms with van der Waals surface area (Å²) in [7, 11) is 0. The third-order valence-corrected chi connectivity index (χ3v) is 2.87. The van der Waals surface area contributed by atoms with E-state index in [0.717, 1.165) is 0 Å². The van der Waals surface area contributed by atoms with E-state index in [1.807, 2.05) is 0 Å². The number of rotatable bonds is 8. The number of furan rings is 1. The number of hydrogen-bond donors (Lipinski definition) is 3. The summed E-state index contributed by atoms with van der Waals surface area (Å²) in [5, 5.41) is 11.4. The van der Waals surface area contributed by atoms with E-state index >= 15 is 0 Å². The summed E-state index contributed by atoms with van der Waals surface area (Å²) in [6, 6.07) is 1.73. The lowest BCUT2D eigenvalue weighted by Crippen LogP contribution is -2.47. The molecule has 0 aliphatic heterocycles. The van der Waals surface area contributed by atoms with E-state index in [9.17, 15) is 14.4 Å². The Kier molecular flexibility index (Phi) is 6.25. The van der Waals surface area contributed by atoms with Crippen molar-refractivity contribution in [2.75, 3.05) is 6.54 Å². The third kappa shape index (κ3) is 5.55. The Bertz CT molecular complexity index is 486. The summed E-state index contributed by atoms with van der Waals surface area (Å²) in [5.41, 5.74) is 4.98. The predicted molar refractivity (Wildman–Crippen MR) is 73.2 cm³/mol. The maximum absolute atomic E-state index is 12.1. The molecule has 116 valence electrons. The normalized spacial score (nSPS) is 11.7. The van der Waals surface area contributed by atoms with E-state index in [0.29, 0.717) is 12.3 Å². The first-order valence-corrected chi connectivity index (χ1v) is 6.53. The van der Waals surface area contributed by atoms with Crippen molar-refractivity contribution in [1.82, 2.24) is 10.2 Å². The Balaban J connectivity index is 2.61. The van der Waals surface area contributed by atoms with Gasteiger partial charge in [-0.05, 0) is 25.5 Å². The van der Waals surface area contributed by atoms with E-state index in [1.165, 1.54) is 11.2 Å². The number of carboxylic acids is 1. The van der Waals surface area contributed by atoms with Crippen LogP contribution in [0.15, 0.2) is 22.8 Å². The monoisotopic (exact) mass is 297 g/mol. The van der Waals surface area contributed by atoms with Gasteiger partial charge in [0.15, 0.2) is 0 Å². The van der Waals surface area contributed by atoms with Gasteiger partial charge in [-0.25, -0.2) is 9.59 Å². The van der Waals surface area contributed by atoms with Gasteiger partial charge in [0.05, 0.1) is 12.8 Å². The standard InChI is InChI=1S/C13H19N3O5/c1-2-16(8-9-4-3-7-21-9)13(20)15-10(12(18)19)5-6-11(14)17/h3-4,7,10H,2,5-6,8H2,1H3,(H2,14,17)(H,15,20)(H,18,19)/t10-/m0/s1. The second-order valence-electron chi connectivity index (χ2n) is 4.44. The van der Waals surface area contributed by atoms with Crippen LogP contribution < -0.4 is 11.1 Å². The van der Waals surface area contributed by atoms with Crippen molar-refractivity contribution in [2.24, 2.45) is 5.73 Å². The molecule has 8 heteroatoms. The molecule has 1 aromatic heterocycles. The van der Waals surface area contributed by atoms with E-state index in [2.05, 4.69) is 5.32 Å². The van der Waals surface area contributed by atoms with Gasteiger partial charge < -0.3 is 25.5 Å². The number of carboxylic acid groups (broad SMARTS) is 1. The van der Waals surface area contributed by atoms with Gasteiger partial charge in [-0.15, -0.1) is 0 Å². The van der Waals surface area contributed by atoms with Gasteiger partial charge in [0, 0.05) is 13.0 Å². The van der Waals surface area contributed by atoms with Crippen LogP contribution in [-0.4, -0.2) is 40.5 Å². The second-order valence-corrected chi connectivity index (χ2v) is 4.44. The zero-order valence-corrected chi connectivity index (χ0v) is 11.7. The number of hydrogen-bond acceptors (Lipinski definition) is 4. The summed E-state index contributed by atoms with van der Waals surface area (Å²) in [6.07, 6.45) is 1.34. The van der Waals surface area contributed by atoms with Crippen molar-refractivity contribution in [2.45, 2.75) is 32.4 Å². The average molecular weight is 297 g/mol. The van der Waals surface area contributed by atoms with Crippen molar-refractivity contribution < 1.29 is 23.9 Å². The van der Waals surface area contributed by atoms with Crippen LogP contribution in [0.1, 0.15) is 25.5 Å². The van der Waals surface area contributed by atoms with Gasteiger partial charge in [0.2, 0.25) is 5.91 Å². The van der Waals surface area contributed by atoms with Crippen LogP contribution >= 0.6 is 0 Å². The van der Waals surface area contributed by atoms with Crippen molar-refractivity contribution in [3.8, 4) is 0 Å². The van der Waals surface area contributed by atoms with Gasteiger partial charge in [0.25, 0.3) is 0 Å². The zero-order valence-electron chi connectivity index (χ0n) is 11.7. The third-order valence-electron chi connectivity index (χ3n) is 2.87. The minimum atomic E-state index is -1.21. The number of carbonyl (C=O) groups is 3. The fraction of sp³-hybridized carbons (Fsp3) is 0.462. The molecule has 8 nitrogen and oxygen atoms in total. The molecule has 3 amide bonds. The summed E-state index contributed by atoms with van der Waals surface area (Å²) >= 11 is 0. The highest BCUT2D eigenvalue weighted by Crippen LogP contribution is 2.06. The number of nitrogens with one attached hydrogen (secondary N) is 1. The molecule has 0 bridgehead atoms. The Hall–Kier alpha value is -2.51. The van der Waals surface area contributed by atoms with Crippen LogP contribution in [0.2, 0.25) is 0 Å². The lowest BCUT2D eigenvalue weighted by molar-refractivity contribution is -0.139. The molecule has 1 aromatic rings. The molecule has 1 atom stereocenters. The average Bonchev–Trinajstić information content (AvgIpc) is 2.92. The lowest BCUT2D eigenvalue weighted by Gasteiger charge is -2.23. The number of aliphatic carboxylic acids is 1.